The van der Waals surface area contributed by atoms with Crippen LogP contribution in [0.25, 0.3) is 0 Å². The molecular weight excluding hydrogens is 290 g/mol. The van der Waals surface area contributed by atoms with Crippen molar-refractivity contribution in [1.82, 2.24) is 9.80 Å². The maximum Gasteiger partial charge on any atom is 0.225 e. The van der Waals surface area contributed by atoms with E-state index in [1.54, 1.807) is 0 Å². The molecule has 5 nitrogen and oxygen atoms in total. The highest BCUT2D eigenvalue weighted by molar-refractivity contribution is 5.79. The summed E-state index contributed by atoms with van der Waals surface area (Å²) in [5, 5.41) is 10.3. The summed E-state index contributed by atoms with van der Waals surface area (Å²) in [4.78, 5) is 16.7. The third kappa shape index (κ3) is 4.10. The van der Waals surface area contributed by atoms with Gasteiger partial charge in [-0.15, -0.1) is 0 Å². The molecular formula is C18H27N3O2. The normalized spacial score (nSPS) is 27.1. The van der Waals surface area contributed by atoms with Gasteiger partial charge in [-0.25, -0.2) is 0 Å². The molecule has 1 heterocycles. The molecule has 126 valence electrons. The van der Waals surface area contributed by atoms with Gasteiger partial charge < -0.3 is 15.7 Å². The lowest BCUT2D eigenvalue weighted by molar-refractivity contribution is -0.137. The van der Waals surface area contributed by atoms with E-state index in [-0.39, 0.29) is 17.9 Å². The van der Waals surface area contributed by atoms with E-state index in [1.807, 2.05) is 35.2 Å². The third-order valence-electron chi connectivity index (χ3n) is 5.12. The molecule has 1 aliphatic heterocycles. The molecule has 3 unspecified atom stereocenters. The number of nitrogens with two attached hydrogens (primary N) is 1. The van der Waals surface area contributed by atoms with Crippen molar-refractivity contribution in [2.45, 2.75) is 31.4 Å². The first-order valence-corrected chi connectivity index (χ1v) is 8.63. The van der Waals surface area contributed by atoms with Crippen LogP contribution in [-0.4, -0.2) is 59.6 Å². The molecule has 2 aliphatic rings. The number of hydrogen-bond donors (Lipinski definition) is 2. The molecule has 3 N–H and O–H groups in total. The van der Waals surface area contributed by atoms with E-state index >= 15 is 0 Å². The minimum Gasteiger partial charge on any atom is -0.387 e. The monoisotopic (exact) mass is 317 g/mol. The van der Waals surface area contributed by atoms with E-state index in [9.17, 15) is 9.90 Å². The number of hydrogen-bond acceptors (Lipinski definition) is 4. The Morgan fingerprint density at radius 3 is 2.48 bits per heavy atom. The zero-order valence-electron chi connectivity index (χ0n) is 13.6. The van der Waals surface area contributed by atoms with Crippen LogP contribution in [0, 0.1) is 5.92 Å². The molecule has 0 radical (unpaired) electrons. The van der Waals surface area contributed by atoms with Crippen LogP contribution in [0.3, 0.4) is 0 Å². The SMILES string of the molecule is NC1CCC(C(=O)N2CCN(CC(O)c3ccccc3)CC2)C1. The second-order valence-electron chi connectivity index (χ2n) is 6.82. The van der Waals surface area contributed by atoms with Gasteiger partial charge in [-0.05, 0) is 24.8 Å². The molecule has 1 aromatic carbocycles. The van der Waals surface area contributed by atoms with Crippen molar-refractivity contribution in [3.63, 3.8) is 0 Å². The maximum atomic E-state index is 12.5. The number of carbonyl (C=O) groups excluding carboxylic acids is 1. The van der Waals surface area contributed by atoms with E-state index in [0.29, 0.717) is 6.54 Å². The first-order chi connectivity index (χ1) is 11.1. The van der Waals surface area contributed by atoms with Gasteiger partial charge in [0.15, 0.2) is 0 Å². The summed E-state index contributed by atoms with van der Waals surface area (Å²) in [6.45, 7) is 3.79. The Hall–Kier alpha value is -1.43. The minimum absolute atomic E-state index is 0.131. The number of benzene rings is 1. The Bertz CT molecular complexity index is 514. The first kappa shape index (κ1) is 16.4. The summed E-state index contributed by atoms with van der Waals surface area (Å²) < 4.78 is 0. The van der Waals surface area contributed by atoms with Gasteiger partial charge in [0, 0.05) is 44.7 Å². The van der Waals surface area contributed by atoms with Crippen molar-refractivity contribution in [3.8, 4) is 0 Å². The van der Waals surface area contributed by atoms with Crippen LogP contribution in [0.4, 0.5) is 0 Å². The van der Waals surface area contributed by atoms with Crippen molar-refractivity contribution in [1.29, 1.82) is 0 Å². The lowest BCUT2D eigenvalue weighted by Gasteiger charge is -2.36. The topological polar surface area (TPSA) is 69.8 Å². The summed E-state index contributed by atoms with van der Waals surface area (Å²) in [6.07, 6.45) is 2.28. The highest BCUT2D eigenvalue weighted by Crippen LogP contribution is 2.26. The van der Waals surface area contributed by atoms with Crippen LogP contribution in [0.1, 0.15) is 30.9 Å². The molecule has 1 saturated heterocycles. The number of piperazine rings is 1. The van der Waals surface area contributed by atoms with Gasteiger partial charge >= 0.3 is 0 Å². The molecule has 1 aromatic rings. The number of aliphatic hydroxyl groups excluding tert-OH is 1. The Kier molecular flexibility index (Phi) is 5.30. The molecule has 23 heavy (non-hydrogen) atoms. The molecule has 0 spiro atoms. The quantitative estimate of drug-likeness (QED) is 0.869. The fourth-order valence-electron chi connectivity index (χ4n) is 3.67. The molecule has 3 atom stereocenters. The molecule has 1 amide bonds. The number of rotatable bonds is 4. The highest BCUT2D eigenvalue weighted by atomic mass is 16.3. The van der Waals surface area contributed by atoms with Crippen LogP contribution in [-0.2, 0) is 4.79 Å². The predicted molar refractivity (Wildman–Crippen MR) is 89.7 cm³/mol. The van der Waals surface area contributed by atoms with Gasteiger partial charge in [-0.3, -0.25) is 9.69 Å². The van der Waals surface area contributed by atoms with Crippen molar-refractivity contribution >= 4 is 5.91 Å². The van der Waals surface area contributed by atoms with E-state index < -0.39 is 6.10 Å². The Labute approximate surface area is 138 Å². The number of nitrogens with zero attached hydrogens (tertiary/aromatic N) is 2. The molecule has 1 saturated carbocycles. The number of amides is 1. The lowest BCUT2D eigenvalue weighted by atomic mass is 10.1. The van der Waals surface area contributed by atoms with Gasteiger partial charge in [-0.1, -0.05) is 30.3 Å². The molecule has 0 bridgehead atoms. The summed E-state index contributed by atoms with van der Waals surface area (Å²) in [6, 6.07) is 9.95. The summed E-state index contributed by atoms with van der Waals surface area (Å²) in [5.74, 6) is 0.410. The lowest BCUT2D eigenvalue weighted by Crippen LogP contribution is -2.51. The number of carbonyl (C=O) groups is 1. The highest BCUT2D eigenvalue weighted by Gasteiger charge is 2.32. The Morgan fingerprint density at radius 2 is 1.87 bits per heavy atom. The van der Waals surface area contributed by atoms with E-state index in [2.05, 4.69) is 4.90 Å². The fraction of sp³-hybridized carbons (Fsp3) is 0.611. The minimum atomic E-state index is -0.466. The van der Waals surface area contributed by atoms with E-state index in [4.69, 9.17) is 5.73 Å². The summed E-state index contributed by atoms with van der Waals surface area (Å²) in [7, 11) is 0. The second-order valence-corrected chi connectivity index (χ2v) is 6.82. The molecule has 3 rings (SSSR count). The van der Waals surface area contributed by atoms with Gasteiger partial charge in [0.1, 0.15) is 0 Å². The number of β-amino-alcohol motifs (C(OH)–C–C–N with tert-alkyl or cyclic N) is 1. The first-order valence-electron chi connectivity index (χ1n) is 8.63. The van der Waals surface area contributed by atoms with Crippen molar-refractivity contribution in [3.05, 3.63) is 35.9 Å². The predicted octanol–water partition coefficient (Wildman–Crippen LogP) is 0.992. The summed E-state index contributed by atoms with van der Waals surface area (Å²) >= 11 is 0. The van der Waals surface area contributed by atoms with Crippen molar-refractivity contribution < 1.29 is 9.90 Å². The van der Waals surface area contributed by atoms with Gasteiger partial charge in [0.2, 0.25) is 5.91 Å². The van der Waals surface area contributed by atoms with Crippen molar-refractivity contribution in [2.75, 3.05) is 32.7 Å². The van der Waals surface area contributed by atoms with Gasteiger partial charge in [0.25, 0.3) is 0 Å². The average molecular weight is 317 g/mol. The zero-order chi connectivity index (χ0) is 16.2. The smallest absolute Gasteiger partial charge is 0.225 e. The van der Waals surface area contributed by atoms with Crippen LogP contribution in [0.5, 0.6) is 0 Å². The fourth-order valence-corrected chi connectivity index (χ4v) is 3.67. The molecule has 1 aliphatic carbocycles. The Balaban J connectivity index is 1.46. The zero-order valence-corrected chi connectivity index (χ0v) is 13.6. The third-order valence-corrected chi connectivity index (χ3v) is 5.12. The van der Waals surface area contributed by atoms with Crippen LogP contribution >= 0.6 is 0 Å². The molecule has 0 aromatic heterocycles. The van der Waals surface area contributed by atoms with Gasteiger partial charge in [-0.2, -0.15) is 0 Å². The van der Waals surface area contributed by atoms with Crippen LogP contribution < -0.4 is 5.73 Å². The Morgan fingerprint density at radius 1 is 1.17 bits per heavy atom. The molecule has 5 heteroatoms. The standard InChI is InChI=1S/C18H27N3O2/c19-16-7-6-15(12-16)18(23)21-10-8-20(9-11-21)13-17(22)14-4-2-1-3-5-14/h1-5,15-17,22H,6-13,19H2. The van der Waals surface area contributed by atoms with E-state index in [1.165, 1.54) is 0 Å². The summed E-state index contributed by atoms with van der Waals surface area (Å²) in [5.41, 5.74) is 6.87. The van der Waals surface area contributed by atoms with E-state index in [0.717, 1.165) is 51.0 Å². The second kappa shape index (κ2) is 7.43. The van der Waals surface area contributed by atoms with Crippen molar-refractivity contribution in [2.24, 2.45) is 11.7 Å². The number of aliphatic hydroxyl groups is 1. The maximum absolute atomic E-state index is 12.5. The largest absolute Gasteiger partial charge is 0.387 e. The molecule has 2 fully saturated rings. The average Bonchev–Trinajstić information content (AvgIpc) is 3.02. The van der Waals surface area contributed by atoms with Crippen LogP contribution in [0.15, 0.2) is 30.3 Å². The van der Waals surface area contributed by atoms with Gasteiger partial charge in [0.05, 0.1) is 6.10 Å². The van der Waals surface area contributed by atoms with Crippen LogP contribution in [0.2, 0.25) is 0 Å².